The summed E-state index contributed by atoms with van der Waals surface area (Å²) < 4.78 is 34.4. The van der Waals surface area contributed by atoms with Crippen molar-refractivity contribution < 1.29 is 22.7 Å². The molecule has 9 heteroatoms. The standard InChI is InChI=1S/C35H39N3O5S/c1-4-22-36-35(40)33(24-28-13-7-5-8-14-28)37(25-29-15-11-12-27(2)23-29)34(39)26-38(30-16-9-6-10-17-30)44(41,42)32-20-18-31(43-3)19-21-32/h5-21,23,33H,4,22,24-26H2,1-3H3,(H,36,40)/t33-/m0/s1. The summed E-state index contributed by atoms with van der Waals surface area (Å²) in [5.74, 6) is -0.279. The van der Waals surface area contributed by atoms with Gasteiger partial charge in [0.2, 0.25) is 11.8 Å². The molecule has 230 valence electrons. The first kappa shape index (κ1) is 32.3. The summed E-state index contributed by atoms with van der Waals surface area (Å²) in [5.41, 5.74) is 3.07. The number of methoxy groups -OCH3 is 1. The second kappa shape index (κ2) is 15.2. The van der Waals surface area contributed by atoms with Gasteiger partial charge in [0.15, 0.2) is 0 Å². The molecule has 8 nitrogen and oxygen atoms in total. The number of amides is 2. The molecule has 2 amide bonds. The molecule has 0 heterocycles. The highest BCUT2D eigenvalue weighted by molar-refractivity contribution is 7.92. The van der Waals surface area contributed by atoms with Crippen molar-refractivity contribution in [2.45, 2.75) is 44.2 Å². The first-order valence-corrected chi connectivity index (χ1v) is 16.1. The average molecular weight is 614 g/mol. The smallest absolute Gasteiger partial charge is 0.264 e. The van der Waals surface area contributed by atoms with E-state index in [0.29, 0.717) is 18.0 Å². The van der Waals surface area contributed by atoms with Crippen LogP contribution in [-0.4, -0.2) is 51.4 Å². The first-order valence-electron chi connectivity index (χ1n) is 14.6. The molecule has 0 spiro atoms. The minimum atomic E-state index is -4.18. The molecule has 4 aromatic carbocycles. The number of nitrogens with zero attached hydrogens (tertiary/aromatic N) is 2. The zero-order valence-corrected chi connectivity index (χ0v) is 26.2. The number of carbonyl (C=O) groups is 2. The van der Waals surface area contributed by atoms with Crippen LogP contribution in [0, 0.1) is 6.92 Å². The fourth-order valence-corrected chi connectivity index (χ4v) is 6.34. The highest BCUT2D eigenvalue weighted by Crippen LogP contribution is 2.26. The van der Waals surface area contributed by atoms with Crippen molar-refractivity contribution in [3.05, 3.63) is 126 Å². The van der Waals surface area contributed by atoms with Crippen molar-refractivity contribution in [3.8, 4) is 5.75 Å². The third-order valence-corrected chi connectivity index (χ3v) is 9.01. The number of carbonyl (C=O) groups excluding carboxylic acids is 2. The van der Waals surface area contributed by atoms with Crippen molar-refractivity contribution >= 4 is 27.5 Å². The summed E-state index contributed by atoms with van der Waals surface area (Å²) in [6, 6.07) is 30.9. The molecule has 1 atom stereocenters. The molecule has 1 N–H and O–H groups in total. The van der Waals surface area contributed by atoms with E-state index in [1.165, 1.54) is 24.1 Å². The van der Waals surface area contributed by atoms with E-state index in [1.807, 2.05) is 68.4 Å². The van der Waals surface area contributed by atoms with E-state index >= 15 is 0 Å². The third-order valence-electron chi connectivity index (χ3n) is 7.23. The van der Waals surface area contributed by atoms with Gasteiger partial charge < -0.3 is 15.0 Å². The Hall–Kier alpha value is -4.63. The lowest BCUT2D eigenvalue weighted by molar-refractivity contribution is -0.140. The van der Waals surface area contributed by atoms with Gasteiger partial charge in [-0.15, -0.1) is 0 Å². The lowest BCUT2D eigenvalue weighted by Crippen LogP contribution is -2.53. The topological polar surface area (TPSA) is 96.0 Å². The number of rotatable bonds is 14. The fraction of sp³-hybridized carbons (Fsp3) is 0.257. The predicted molar refractivity (Wildman–Crippen MR) is 173 cm³/mol. The fourth-order valence-electron chi connectivity index (χ4n) is 4.93. The maximum Gasteiger partial charge on any atom is 0.264 e. The number of hydrogen-bond acceptors (Lipinski definition) is 5. The van der Waals surface area contributed by atoms with E-state index in [4.69, 9.17) is 4.74 Å². The largest absolute Gasteiger partial charge is 0.497 e. The van der Waals surface area contributed by atoms with Crippen LogP contribution in [0.5, 0.6) is 5.75 Å². The van der Waals surface area contributed by atoms with Gasteiger partial charge in [0.1, 0.15) is 18.3 Å². The van der Waals surface area contributed by atoms with Gasteiger partial charge in [-0.1, -0.05) is 85.3 Å². The molecule has 0 aromatic heterocycles. The molecule has 4 rings (SSSR count). The van der Waals surface area contributed by atoms with Crippen LogP contribution in [0.15, 0.2) is 114 Å². The number of hydrogen-bond donors (Lipinski definition) is 1. The number of nitrogens with one attached hydrogen (secondary N) is 1. The summed E-state index contributed by atoms with van der Waals surface area (Å²) in [5, 5.41) is 2.96. The molecule has 0 saturated heterocycles. The molecule has 0 fully saturated rings. The number of anilines is 1. The first-order chi connectivity index (χ1) is 21.2. The Labute approximate surface area is 260 Å². The van der Waals surface area contributed by atoms with Crippen molar-refractivity contribution in [2.24, 2.45) is 0 Å². The van der Waals surface area contributed by atoms with Crippen molar-refractivity contribution in [1.29, 1.82) is 0 Å². The van der Waals surface area contributed by atoms with Gasteiger partial charge in [0.05, 0.1) is 17.7 Å². The minimum absolute atomic E-state index is 0.0155. The van der Waals surface area contributed by atoms with E-state index < -0.39 is 28.5 Å². The van der Waals surface area contributed by atoms with Gasteiger partial charge >= 0.3 is 0 Å². The Morgan fingerprint density at radius 3 is 2.09 bits per heavy atom. The molecular formula is C35H39N3O5S. The van der Waals surface area contributed by atoms with Gasteiger partial charge in [-0.2, -0.15) is 0 Å². The van der Waals surface area contributed by atoms with E-state index in [0.717, 1.165) is 27.4 Å². The van der Waals surface area contributed by atoms with Crippen LogP contribution in [0.3, 0.4) is 0 Å². The second-order valence-electron chi connectivity index (χ2n) is 10.5. The molecule has 0 aliphatic rings. The van der Waals surface area contributed by atoms with Crippen LogP contribution >= 0.6 is 0 Å². The Bertz CT molecular complexity index is 1630. The van der Waals surface area contributed by atoms with Gasteiger partial charge in [-0.25, -0.2) is 8.42 Å². The number of sulfonamides is 1. The van der Waals surface area contributed by atoms with Crippen LogP contribution < -0.4 is 14.4 Å². The van der Waals surface area contributed by atoms with Crippen LogP contribution in [0.25, 0.3) is 0 Å². The SMILES string of the molecule is CCCNC(=O)[C@H](Cc1ccccc1)N(Cc1cccc(C)c1)C(=O)CN(c1ccccc1)S(=O)(=O)c1ccc(OC)cc1. The average Bonchev–Trinajstić information content (AvgIpc) is 3.04. The minimum Gasteiger partial charge on any atom is -0.497 e. The summed E-state index contributed by atoms with van der Waals surface area (Å²) in [7, 11) is -2.67. The van der Waals surface area contributed by atoms with Crippen molar-refractivity contribution in [3.63, 3.8) is 0 Å². The summed E-state index contributed by atoms with van der Waals surface area (Å²) in [6.07, 6.45) is 1.00. The lowest BCUT2D eigenvalue weighted by Gasteiger charge is -2.34. The molecule has 0 unspecified atom stereocenters. The van der Waals surface area contributed by atoms with E-state index in [-0.39, 0.29) is 23.8 Å². The molecule has 4 aromatic rings. The Morgan fingerprint density at radius 1 is 0.841 bits per heavy atom. The summed E-state index contributed by atoms with van der Waals surface area (Å²) in [6.45, 7) is 4.01. The third kappa shape index (κ3) is 8.26. The zero-order chi connectivity index (χ0) is 31.5. The molecule has 0 bridgehead atoms. The molecular weight excluding hydrogens is 574 g/mol. The molecule has 0 radical (unpaired) electrons. The van der Waals surface area contributed by atoms with Crippen LogP contribution in [-0.2, 0) is 32.6 Å². The lowest BCUT2D eigenvalue weighted by atomic mass is 10.0. The Kier molecular flexibility index (Phi) is 11.2. The quantitative estimate of drug-likeness (QED) is 0.207. The monoisotopic (exact) mass is 613 g/mol. The zero-order valence-electron chi connectivity index (χ0n) is 25.3. The van der Waals surface area contributed by atoms with Gasteiger partial charge in [-0.05, 0) is 60.9 Å². The Morgan fingerprint density at radius 2 is 1.48 bits per heavy atom. The molecule has 0 saturated carbocycles. The normalized spacial score (nSPS) is 11.8. The van der Waals surface area contributed by atoms with E-state index in [2.05, 4.69) is 5.32 Å². The van der Waals surface area contributed by atoms with Crippen LogP contribution in [0.2, 0.25) is 0 Å². The number of aryl methyl sites for hydroxylation is 1. The van der Waals surface area contributed by atoms with Crippen LogP contribution in [0.4, 0.5) is 5.69 Å². The maximum atomic E-state index is 14.4. The summed E-state index contributed by atoms with van der Waals surface area (Å²) >= 11 is 0. The van der Waals surface area contributed by atoms with Gasteiger partial charge in [0.25, 0.3) is 10.0 Å². The highest BCUT2D eigenvalue weighted by atomic mass is 32.2. The number of benzene rings is 4. The second-order valence-corrected chi connectivity index (χ2v) is 12.4. The molecule has 0 aliphatic carbocycles. The van der Waals surface area contributed by atoms with E-state index in [1.54, 1.807) is 42.5 Å². The van der Waals surface area contributed by atoms with Gasteiger partial charge in [0, 0.05) is 19.5 Å². The summed E-state index contributed by atoms with van der Waals surface area (Å²) in [4.78, 5) is 29.6. The van der Waals surface area contributed by atoms with Crippen LogP contribution in [0.1, 0.15) is 30.0 Å². The van der Waals surface area contributed by atoms with Crippen molar-refractivity contribution in [1.82, 2.24) is 10.2 Å². The molecule has 44 heavy (non-hydrogen) atoms. The number of ether oxygens (including phenoxy) is 1. The predicted octanol–water partition coefficient (Wildman–Crippen LogP) is 5.37. The highest BCUT2D eigenvalue weighted by Gasteiger charge is 2.34. The van der Waals surface area contributed by atoms with Crippen molar-refractivity contribution in [2.75, 3.05) is 24.5 Å². The number of para-hydroxylation sites is 1. The maximum absolute atomic E-state index is 14.4. The van der Waals surface area contributed by atoms with E-state index in [9.17, 15) is 18.0 Å². The Balaban J connectivity index is 1.77. The van der Waals surface area contributed by atoms with Gasteiger partial charge in [-0.3, -0.25) is 13.9 Å². The molecule has 0 aliphatic heterocycles.